The van der Waals surface area contributed by atoms with Gasteiger partial charge < -0.3 is 15.4 Å². The predicted octanol–water partition coefficient (Wildman–Crippen LogP) is 6.94. The van der Waals surface area contributed by atoms with Crippen LogP contribution in [0, 0.1) is 5.92 Å². The lowest BCUT2D eigenvalue weighted by atomic mass is 9.77. The van der Waals surface area contributed by atoms with Gasteiger partial charge in [0.15, 0.2) is 5.60 Å². The van der Waals surface area contributed by atoms with E-state index in [-0.39, 0.29) is 33.0 Å². The Morgan fingerprint density at radius 3 is 2.33 bits per heavy atom. The van der Waals surface area contributed by atoms with E-state index >= 15 is 0 Å². The van der Waals surface area contributed by atoms with E-state index in [4.69, 9.17) is 27.9 Å². The van der Waals surface area contributed by atoms with Crippen molar-refractivity contribution in [3.63, 3.8) is 0 Å². The molecule has 220 valence electrons. The molecule has 1 aromatic carbocycles. The maximum atomic E-state index is 14.9. The average Bonchev–Trinajstić information content (AvgIpc) is 3.39. The number of ether oxygens (including phenoxy) is 1. The Morgan fingerprint density at radius 1 is 1.05 bits per heavy atom. The Morgan fingerprint density at radius 2 is 1.70 bits per heavy atom. The number of benzene rings is 1. The molecule has 1 aliphatic carbocycles. The van der Waals surface area contributed by atoms with Crippen LogP contribution in [0.4, 0.5) is 26.3 Å². The zero-order valence-corrected chi connectivity index (χ0v) is 23.5. The monoisotopic (exact) mass is 630 g/mol. The molecule has 0 radical (unpaired) electrons. The molecule has 3 atom stereocenters. The largest absolute Gasteiger partial charge is 0.421 e. The third-order valence-electron chi connectivity index (χ3n) is 7.34. The first-order valence-electron chi connectivity index (χ1n) is 12.5. The highest BCUT2D eigenvalue weighted by molar-refractivity contribution is 7.14. The van der Waals surface area contributed by atoms with Crippen LogP contribution in [0.2, 0.25) is 10.0 Å². The molecule has 0 spiro atoms. The van der Waals surface area contributed by atoms with Gasteiger partial charge in [-0.15, -0.1) is 11.3 Å². The number of carbonyl (C=O) groups is 2. The van der Waals surface area contributed by atoms with Crippen LogP contribution in [0.25, 0.3) is 0 Å². The standard InChI is InChI=1S/C26H26Cl2F6N2O3S/c1-13-5-6-39-24(26(32,33)34,14-7-15(27)9-16(28)8-14)10-19(13)21-17-3-2-4-18(17)22(40-21)23(38)35-11-20(37)36-12-25(29,30)31/h7-9,13,19H,2-6,10-12H2,1H3,(H,35,38)(H,36,37). The van der Waals surface area contributed by atoms with Gasteiger partial charge in [-0.3, -0.25) is 9.59 Å². The zero-order chi connectivity index (χ0) is 29.5. The lowest BCUT2D eigenvalue weighted by Gasteiger charge is -2.37. The van der Waals surface area contributed by atoms with Crippen LogP contribution in [-0.4, -0.2) is 43.9 Å². The van der Waals surface area contributed by atoms with E-state index in [1.54, 1.807) is 5.32 Å². The summed E-state index contributed by atoms with van der Waals surface area (Å²) >= 11 is 13.2. The molecular formula is C26H26Cl2F6N2O3S. The van der Waals surface area contributed by atoms with Crippen molar-refractivity contribution in [1.29, 1.82) is 0 Å². The fourth-order valence-corrected chi connectivity index (χ4v) is 7.45. The van der Waals surface area contributed by atoms with Crippen LogP contribution in [-0.2, 0) is 28.0 Å². The first-order valence-corrected chi connectivity index (χ1v) is 14.1. The number of hydrogen-bond donors (Lipinski definition) is 2. The van der Waals surface area contributed by atoms with Gasteiger partial charge >= 0.3 is 12.4 Å². The molecule has 2 heterocycles. The van der Waals surface area contributed by atoms with Crippen LogP contribution < -0.4 is 10.6 Å². The van der Waals surface area contributed by atoms with Crippen molar-refractivity contribution in [2.75, 3.05) is 19.7 Å². The molecule has 1 saturated heterocycles. The van der Waals surface area contributed by atoms with E-state index in [0.717, 1.165) is 16.9 Å². The highest BCUT2D eigenvalue weighted by atomic mass is 35.5. The number of carbonyl (C=O) groups excluding carboxylic acids is 2. The maximum absolute atomic E-state index is 14.9. The van der Waals surface area contributed by atoms with Crippen LogP contribution in [0.15, 0.2) is 18.2 Å². The number of rotatable bonds is 6. The summed E-state index contributed by atoms with van der Waals surface area (Å²) in [6, 6.07) is 3.75. The van der Waals surface area contributed by atoms with Gasteiger partial charge in [0.2, 0.25) is 5.91 Å². The van der Waals surface area contributed by atoms with E-state index in [2.05, 4.69) is 5.32 Å². The van der Waals surface area contributed by atoms with E-state index in [1.165, 1.54) is 18.2 Å². The number of alkyl halides is 6. The van der Waals surface area contributed by atoms with Gasteiger partial charge in [0, 0.05) is 21.5 Å². The molecule has 40 heavy (non-hydrogen) atoms. The van der Waals surface area contributed by atoms with Crippen LogP contribution in [0.1, 0.15) is 63.3 Å². The van der Waals surface area contributed by atoms with E-state index in [1.807, 2.05) is 6.92 Å². The maximum Gasteiger partial charge on any atom is 0.421 e. The second-order valence-corrected chi connectivity index (χ2v) is 12.0. The van der Waals surface area contributed by atoms with Crippen molar-refractivity contribution in [2.45, 2.75) is 62.9 Å². The number of thiophene rings is 1. The molecule has 1 fully saturated rings. The lowest BCUT2D eigenvalue weighted by molar-refractivity contribution is -0.286. The summed E-state index contributed by atoms with van der Waals surface area (Å²) in [6.07, 6.45) is -7.72. The summed E-state index contributed by atoms with van der Waals surface area (Å²) in [6.45, 7) is -0.509. The quantitative estimate of drug-likeness (QED) is 0.340. The van der Waals surface area contributed by atoms with Crippen molar-refractivity contribution in [3.8, 4) is 0 Å². The van der Waals surface area contributed by atoms with Gasteiger partial charge in [-0.2, -0.15) is 26.3 Å². The summed E-state index contributed by atoms with van der Waals surface area (Å²) in [5, 5.41) is 4.11. The highest BCUT2D eigenvalue weighted by Crippen LogP contribution is 2.55. The molecule has 5 nitrogen and oxygen atoms in total. The average molecular weight is 631 g/mol. The van der Waals surface area contributed by atoms with Crippen molar-refractivity contribution in [3.05, 3.63) is 54.7 Å². The Balaban J connectivity index is 1.66. The molecular weight excluding hydrogens is 605 g/mol. The van der Waals surface area contributed by atoms with Crippen LogP contribution >= 0.6 is 34.5 Å². The molecule has 3 unspecified atom stereocenters. The molecule has 2 N–H and O–H groups in total. The Hall–Kier alpha value is -2.02. The summed E-state index contributed by atoms with van der Waals surface area (Å²) in [4.78, 5) is 25.7. The van der Waals surface area contributed by atoms with Crippen molar-refractivity contribution in [1.82, 2.24) is 10.6 Å². The van der Waals surface area contributed by atoms with Gasteiger partial charge in [0.25, 0.3) is 5.91 Å². The van der Waals surface area contributed by atoms with E-state index in [0.29, 0.717) is 36.1 Å². The molecule has 2 amide bonds. The van der Waals surface area contributed by atoms with Crippen LogP contribution in [0.3, 0.4) is 0 Å². The van der Waals surface area contributed by atoms with Crippen LogP contribution in [0.5, 0.6) is 0 Å². The topological polar surface area (TPSA) is 67.4 Å². The zero-order valence-electron chi connectivity index (χ0n) is 21.2. The normalized spacial score (nSPS) is 23.4. The van der Waals surface area contributed by atoms with Gasteiger partial charge in [-0.25, -0.2) is 0 Å². The van der Waals surface area contributed by atoms with Crippen molar-refractivity contribution < 1.29 is 40.7 Å². The number of hydrogen-bond acceptors (Lipinski definition) is 4. The Labute approximate surface area is 240 Å². The van der Waals surface area contributed by atoms with Crippen molar-refractivity contribution >= 4 is 46.4 Å². The van der Waals surface area contributed by atoms with Crippen molar-refractivity contribution in [2.24, 2.45) is 5.92 Å². The molecule has 1 aromatic heterocycles. The van der Waals surface area contributed by atoms with Gasteiger partial charge in [-0.05, 0) is 78.8 Å². The van der Waals surface area contributed by atoms with Gasteiger partial charge in [0.1, 0.15) is 6.54 Å². The molecule has 2 aromatic rings. The molecule has 1 aliphatic heterocycles. The smallest absolute Gasteiger partial charge is 0.361 e. The molecule has 2 aliphatic rings. The summed E-state index contributed by atoms with van der Waals surface area (Å²) in [5.41, 5.74) is -1.37. The van der Waals surface area contributed by atoms with Gasteiger partial charge in [0.05, 0.1) is 11.4 Å². The SMILES string of the molecule is CC1CCOC(c2cc(Cl)cc(Cl)c2)(C(F)(F)F)CC1c1sc(C(=O)NCC(=O)NCC(F)(F)F)c2c1CCC2. The molecule has 0 bridgehead atoms. The minimum Gasteiger partial charge on any atom is -0.361 e. The minimum atomic E-state index is -4.81. The first kappa shape index (κ1) is 30.9. The van der Waals surface area contributed by atoms with E-state index < -0.39 is 55.2 Å². The molecule has 4 rings (SSSR count). The fourth-order valence-electron chi connectivity index (χ4n) is 5.37. The lowest BCUT2D eigenvalue weighted by Crippen LogP contribution is -2.45. The second-order valence-electron chi connectivity index (χ2n) is 10.1. The van der Waals surface area contributed by atoms with Gasteiger partial charge in [-0.1, -0.05) is 30.1 Å². The Bertz CT molecular complexity index is 1260. The molecule has 0 saturated carbocycles. The van der Waals surface area contributed by atoms with E-state index in [9.17, 15) is 35.9 Å². The minimum absolute atomic E-state index is 0.0406. The molecule has 14 heteroatoms. The number of fused-ring (bicyclic) bond motifs is 1. The predicted molar refractivity (Wildman–Crippen MR) is 139 cm³/mol. The fraction of sp³-hybridized carbons (Fsp3) is 0.538. The summed E-state index contributed by atoms with van der Waals surface area (Å²) in [5.74, 6) is -2.52. The highest BCUT2D eigenvalue weighted by Gasteiger charge is 2.60. The second kappa shape index (κ2) is 11.7. The first-order chi connectivity index (χ1) is 18.6. The Kier molecular flexibility index (Phi) is 9.04. The summed E-state index contributed by atoms with van der Waals surface area (Å²) in [7, 11) is 0. The number of nitrogens with one attached hydrogen (secondary N) is 2. The summed E-state index contributed by atoms with van der Waals surface area (Å²) < 4.78 is 87.3. The number of halogens is 8. The third kappa shape index (κ3) is 6.55. The number of amides is 2. The third-order valence-corrected chi connectivity index (χ3v) is 9.18.